The van der Waals surface area contributed by atoms with Crippen molar-refractivity contribution in [3.05, 3.63) is 96.8 Å². The van der Waals surface area contributed by atoms with Gasteiger partial charge in [0.05, 0.1) is 17.6 Å². The summed E-state index contributed by atoms with van der Waals surface area (Å²) in [4.78, 5) is 13.6. The second kappa shape index (κ2) is 8.22. The van der Waals surface area contributed by atoms with Gasteiger partial charge in [-0.15, -0.1) is 0 Å². The van der Waals surface area contributed by atoms with Crippen molar-refractivity contribution in [1.29, 1.82) is 0 Å². The molecule has 0 aliphatic rings. The Bertz CT molecular complexity index is 1010. The number of hydrogen-bond donors (Lipinski definition) is 0. The number of aromatic nitrogens is 3. The molecular formula is C23H19N5. The second-order valence-corrected chi connectivity index (χ2v) is 6.23. The van der Waals surface area contributed by atoms with Crippen molar-refractivity contribution in [2.75, 3.05) is 12.1 Å². The molecule has 0 saturated carbocycles. The van der Waals surface area contributed by atoms with Crippen molar-refractivity contribution in [1.82, 2.24) is 15.0 Å². The number of anilines is 1. The van der Waals surface area contributed by atoms with E-state index < -0.39 is 0 Å². The first-order valence-corrected chi connectivity index (χ1v) is 8.97. The molecule has 5 heteroatoms. The highest BCUT2D eigenvalue weighted by Crippen LogP contribution is 2.26. The molecule has 0 unspecified atom stereocenters. The fourth-order valence-electron chi connectivity index (χ4n) is 2.75. The largest absolute Gasteiger partial charge is 0.264 e. The quantitative estimate of drug-likeness (QED) is 0.381. The van der Waals surface area contributed by atoms with Gasteiger partial charge in [-0.2, -0.15) is 5.10 Å². The Morgan fingerprint density at radius 2 is 1.39 bits per heavy atom. The van der Waals surface area contributed by atoms with Crippen LogP contribution in [0.15, 0.2) is 96.4 Å². The second-order valence-electron chi connectivity index (χ2n) is 6.23. The van der Waals surface area contributed by atoms with Crippen LogP contribution in [0.1, 0.15) is 5.56 Å². The summed E-state index contributed by atoms with van der Waals surface area (Å²) in [5.74, 6) is 0.528. The van der Waals surface area contributed by atoms with Crippen molar-refractivity contribution in [2.24, 2.45) is 5.10 Å². The van der Waals surface area contributed by atoms with E-state index in [0.717, 1.165) is 28.1 Å². The molecular weight excluding hydrogens is 346 g/mol. The molecule has 0 bridgehead atoms. The third-order valence-corrected chi connectivity index (χ3v) is 4.21. The van der Waals surface area contributed by atoms with E-state index >= 15 is 0 Å². The van der Waals surface area contributed by atoms with E-state index in [1.807, 2.05) is 85.9 Å². The number of nitrogens with zero attached hydrogens (tertiary/aromatic N) is 5. The molecule has 2 aromatic carbocycles. The molecule has 2 heterocycles. The van der Waals surface area contributed by atoms with Gasteiger partial charge in [0.2, 0.25) is 5.95 Å². The van der Waals surface area contributed by atoms with Crippen molar-refractivity contribution >= 4 is 12.2 Å². The average Bonchev–Trinajstić information content (AvgIpc) is 2.79. The summed E-state index contributed by atoms with van der Waals surface area (Å²) in [5, 5.41) is 6.15. The zero-order valence-corrected chi connectivity index (χ0v) is 15.5. The van der Waals surface area contributed by atoms with E-state index in [0.29, 0.717) is 5.95 Å². The smallest absolute Gasteiger partial charge is 0.247 e. The molecule has 4 rings (SSSR count). The van der Waals surface area contributed by atoms with Crippen LogP contribution < -0.4 is 5.01 Å². The lowest BCUT2D eigenvalue weighted by Crippen LogP contribution is -2.13. The van der Waals surface area contributed by atoms with E-state index in [2.05, 4.69) is 10.1 Å². The maximum absolute atomic E-state index is 4.73. The fourth-order valence-corrected chi connectivity index (χ4v) is 2.75. The Hall–Kier alpha value is -3.86. The van der Waals surface area contributed by atoms with E-state index in [4.69, 9.17) is 9.97 Å². The minimum absolute atomic E-state index is 0.528. The molecule has 28 heavy (non-hydrogen) atoms. The third-order valence-electron chi connectivity index (χ3n) is 4.21. The van der Waals surface area contributed by atoms with E-state index in [9.17, 15) is 0 Å². The minimum atomic E-state index is 0.528. The van der Waals surface area contributed by atoms with Crippen LogP contribution in [0.2, 0.25) is 0 Å². The maximum Gasteiger partial charge on any atom is 0.247 e. The fraction of sp³-hybridized carbons (Fsp3) is 0.0435. The molecule has 5 nitrogen and oxygen atoms in total. The Morgan fingerprint density at radius 1 is 0.786 bits per heavy atom. The van der Waals surface area contributed by atoms with Gasteiger partial charge in [-0.05, 0) is 12.1 Å². The molecule has 136 valence electrons. The van der Waals surface area contributed by atoms with Gasteiger partial charge >= 0.3 is 0 Å². The van der Waals surface area contributed by atoms with Crippen LogP contribution in [0.5, 0.6) is 0 Å². The van der Waals surface area contributed by atoms with Crippen molar-refractivity contribution < 1.29 is 0 Å². The Kier molecular flexibility index (Phi) is 5.15. The summed E-state index contributed by atoms with van der Waals surface area (Å²) in [6.45, 7) is 0. The van der Waals surface area contributed by atoms with Crippen LogP contribution in [-0.2, 0) is 0 Å². The molecule has 4 aromatic rings. The van der Waals surface area contributed by atoms with Crippen molar-refractivity contribution in [2.45, 2.75) is 0 Å². The molecule has 0 atom stereocenters. The Morgan fingerprint density at radius 3 is 1.93 bits per heavy atom. The molecule has 0 amide bonds. The van der Waals surface area contributed by atoms with Gasteiger partial charge in [-0.1, -0.05) is 66.7 Å². The summed E-state index contributed by atoms with van der Waals surface area (Å²) in [7, 11) is 1.84. The Labute approximate surface area is 164 Å². The van der Waals surface area contributed by atoms with Crippen LogP contribution in [0.25, 0.3) is 22.5 Å². The number of hydrogen-bond acceptors (Lipinski definition) is 5. The van der Waals surface area contributed by atoms with Gasteiger partial charge in [0.1, 0.15) is 0 Å². The van der Waals surface area contributed by atoms with Crippen molar-refractivity contribution in [3.8, 4) is 22.5 Å². The van der Waals surface area contributed by atoms with Crippen LogP contribution in [-0.4, -0.2) is 28.2 Å². The molecule has 0 fully saturated rings. The van der Waals surface area contributed by atoms with Crippen LogP contribution in [0.3, 0.4) is 0 Å². The Balaban J connectivity index is 1.74. The van der Waals surface area contributed by atoms with E-state index in [1.54, 1.807) is 23.6 Å². The summed E-state index contributed by atoms with van der Waals surface area (Å²) in [5.41, 5.74) is 4.69. The van der Waals surface area contributed by atoms with Gasteiger partial charge in [0, 0.05) is 36.1 Å². The maximum atomic E-state index is 4.73. The third kappa shape index (κ3) is 4.10. The number of benzene rings is 2. The summed E-state index contributed by atoms with van der Waals surface area (Å²) >= 11 is 0. The van der Waals surface area contributed by atoms with Crippen LogP contribution in [0.4, 0.5) is 5.95 Å². The van der Waals surface area contributed by atoms with Crippen LogP contribution in [0, 0.1) is 0 Å². The molecule has 0 radical (unpaired) electrons. The SMILES string of the molecule is CN(/N=C\c1cccnc1)c1nc(-c2ccccc2)cc(-c2ccccc2)n1. The topological polar surface area (TPSA) is 54.3 Å². The van der Waals surface area contributed by atoms with Crippen molar-refractivity contribution in [3.63, 3.8) is 0 Å². The highest BCUT2D eigenvalue weighted by Gasteiger charge is 2.11. The molecule has 0 saturated heterocycles. The number of rotatable bonds is 5. The van der Waals surface area contributed by atoms with E-state index in [-0.39, 0.29) is 0 Å². The lowest BCUT2D eigenvalue weighted by Gasteiger charge is -2.14. The molecule has 2 aromatic heterocycles. The zero-order chi connectivity index (χ0) is 19.2. The highest BCUT2D eigenvalue weighted by atomic mass is 15.5. The van der Waals surface area contributed by atoms with Crippen LogP contribution >= 0.6 is 0 Å². The molecule has 0 aliphatic heterocycles. The predicted octanol–water partition coefficient (Wildman–Crippen LogP) is 4.68. The lowest BCUT2D eigenvalue weighted by molar-refractivity contribution is 0.938. The lowest BCUT2D eigenvalue weighted by atomic mass is 10.1. The predicted molar refractivity (Wildman–Crippen MR) is 113 cm³/mol. The zero-order valence-electron chi connectivity index (χ0n) is 15.5. The number of pyridine rings is 1. The standard InChI is InChI=1S/C23H19N5/c1-28(25-17-18-9-8-14-24-16-18)23-26-21(19-10-4-2-5-11-19)15-22(27-23)20-12-6-3-7-13-20/h2-17H,1H3/b25-17-. The first-order chi connectivity index (χ1) is 13.8. The summed E-state index contributed by atoms with van der Waals surface area (Å²) < 4.78 is 0. The average molecular weight is 365 g/mol. The van der Waals surface area contributed by atoms with Gasteiger partial charge in [0.15, 0.2) is 0 Å². The van der Waals surface area contributed by atoms with E-state index in [1.165, 1.54) is 0 Å². The molecule has 0 N–H and O–H groups in total. The highest BCUT2D eigenvalue weighted by molar-refractivity contribution is 5.79. The van der Waals surface area contributed by atoms with Gasteiger partial charge in [0.25, 0.3) is 0 Å². The monoisotopic (exact) mass is 365 g/mol. The van der Waals surface area contributed by atoms with Gasteiger partial charge in [-0.3, -0.25) is 4.98 Å². The van der Waals surface area contributed by atoms with Gasteiger partial charge < -0.3 is 0 Å². The summed E-state index contributed by atoms with van der Waals surface area (Å²) in [6.07, 6.45) is 5.24. The van der Waals surface area contributed by atoms with Gasteiger partial charge in [-0.25, -0.2) is 15.0 Å². The molecule has 0 spiro atoms. The summed E-state index contributed by atoms with van der Waals surface area (Å²) in [6, 6.07) is 26.0. The first kappa shape index (κ1) is 17.5. The molecule has 0 aliphatic carbocycles. The minimum Gasteiger partial charge on any atom is -0.264 e. The first-order valence-electron chi connectivity index (χ1n) is 8.97. The number of hydrazone groups is 1. The normalized spacial score (nSPS) is 10.9.